The molecule has 1 heterocycles. The largest absolute Gasteiger partial charge is 0.338 e. The fraction of sp³-hybridized carbons (Fsp3) is 0.900. The summed E-state index contributed by atoms with van der Waals surface area (Å²) in [6.45, 7) is 5.37. The zero-order valence-electron chi connectivity index (χ0n) is 8.96. The lowest BCUT2D eigenvalue weighted by Gasteiger charge is -2.30. The Kier molecular flexibility index (Phi) is 4.73. The molecule has 4 heteroatoms. The Morgan fingerprint density at radius 2 is 2.14 bits per heavy atom. The number of amides is 2. The first-order valence-electron chi connectivity index (χ1n) is 5.47. The fourth-order valence-corrected chi connectivity index (χ4v) is 1.62. The molecule has 0 atom stereocenters. The molecule has 0 unspecified atom stereocenters. The van der Waals surface area contributed by atoms with E-state index in [0.717, 1.165) is 38.3 Å². The number of likely N-dealkylation sites (tertiary alicyclic amines) is 1. The standard InChI is InChI=1S/C10H21N3O/c1-9-3-7-13(8-4-9)10(14)12-6-2-5-11/h9H,2-8,11H2,1H3,(H,12,14). The smallest absolute Gasteiger partial charge is 0.317 e. The molecule has 2 amide bonds. The van der Waals surface area contributed by atoms with E-state index in [-0.39, 0.29) is 6.03 Å². The second kappa shape index (κ2) is 5.86. The number of piperidine rings is 1. The van der Waals surface area contributed by atoms with Gasteiger partial charge in [-0.25, -0.2) is 4.79 Å². The van der Waals surface area contributed by atoms with Gasteiger partial charge in [-0.2, -0.15) is 0 Å². The highest BCUT2D eigenvalue weighted by atomic mass is 16.2. The van der Waals surface area contributed by atoms with E-state index in [2.05, 4.69) is 12.2 Å². The Morgan fingerprint density at radius 1 is 1.50 bits per heavy atom. The van der Waals surface area contributed by atoms with E-state index in [0.29, 0.717) is 13.1 Å². The maximum absolute atomic E-state index is 11.6. The molecular formula is C10H21N3O. The third-order valence-corrected chi connectivity index (χ3v) is 2.73. The summed E-state index contributed by atoms with van der Waals surface area (Å²) in [7, 11) is 0. The lowest BCUT2D eigenvalue weighted by atomic mass is 10.00. The molecule has 0 aliphatic carbocycles. The van der Waals surface area contributed by atoms with Gasteiger partial charge in [0, 0.05) is 19.6 Å². The minimum atomic E-state index is 0.0744. The molecule has 0 spiro atoms. The van der Waals surface area contributed by atoms with Crippen LogP contribution in [0.2, 0.25) is 0 Å². The number of nitrogens with one attached hydrogen (secondary N) is 1. The summed E-state index contributed by atoms with van der Waals surface area (Å²) < 4.78 is 0. The number of carbonyl (C=O) groups excluding carboxylic acids is 1. The molecule has 0 bridgehead atoms. The van der Waals surface area contributed by atoms with Gasteiger partial charge < -0.3 is 16.0 Å². The number of urea groups is 1. The van der Waals surface area contributed by atoms with Gasteiger partial charge in [-0.15, -0.1) is 0 Å². The average Bonchev–Trinajstić information content (AvgIpc) is 2.19. The van der Waals surface area contributed by atoms with E-state index in [1.54, 1.807) is 0 Å². The summed E-state index contributed by atoms with van der Waals surface area (Å²) in [6, 6.07) is 0.0744. The topological polar surface area (TPSA) is 58.4 Å². The van der Waals surface area contributed by atoms with E-state index < -0.39 is 0 Å². The summed E-state index contributed by atoms with van der Waals surface area (Å²) in [4.78, 5) is 13.5. The van der Waals surface area contributed by atoms with Gasteiger partial charge in [0.15, 0.2) is 0 Å². The molecule has 1 fully saturated rings. The predicted octanol–water partition coefficient (Wildman–Crippen LogP) is 0.777. The van der Waals surface area contributed by atoms with Crippen molar-refractivity contribution >= 4 is 6.03 Å². The molecular weight excluding hydrogens is 178 g/mol. The van der Waals surface area contributed by atoms with E-state index in [1.807, 2.05) is 4.90 Å². The van der Waals surface area contributed by atoms with Crippen molar-refractivity contribution in [1.82, 2.24) is 10.2 Å². The monoisotopic (exact) mass is 199 g/mol. The van der Waals surface area contributed by atoms with E-state index >= 15 is 0 Å². The van der Waals surface area contributed by atoms with Gasteiger partial charge in [-0.3, -0.25) is 0 Å². The second-order valence-electron chi connectivity index (χ2n) is 4.04. The molecule has 1 aliphatic rings. The van der Waals surface area contributed by atoms with Crippen LogP contribution in [0.1, 0.15) is 26.2 Å². The number of carbonyl (C=O) groups is 1. The Balaban J connectivity index is 2.17. The normalized spacial score (nSPS) is 18.3. The van der Waals surface area contributed by atoms with Gasteiger partial charge in [0.2, 0.25) is 0 Å². The molecule has 0 aromatic heterocycles. The van der Waals surface area contributed by atoms with E-state index in [1.165, 1.54) is 0 Å². The Labute approximate surface area is 85.8 Å². The summed E-state index contributed by atoms with van der Waals surface area (Å²) >= 11 is 0. The molecule has 0 aromatic carbocycles. The Hall–Kier alpha value is -0.770. The van der Waals surface area contributed by atoms with Crippen molar-refractivity contribution in [1.29, 1.82) is 0 Å². The maximum atomic E-state index is 11.6. The molecule has 4 nitrogen and oxygen atoms in total. The van der Waals surface area contributed by atoms with Crippen LogP contribution >= 0.6 is 0 Å². The SMILES string of the molecule is CC1CCN(C(=O)NCCCN)CC1. The zero-order chi connectivity index (χ0) is 10.4. The van der Waals surface area contributed by atoms with E-state index in [4.69, 9.17) is 5.73 Å². The van der Waals surface area contributed by atoms with Crippen LogP contribution in [0.3, 0.4) is 0 Å². The molecule has 82 valence electrons. The quantitative estimate of drug-likeness (QED) is 0.660. The minimum Gasteiger partial charge on any atom is -0.338 e. The highest BCUT2D eigenvalue weighted by Gasteiger charge is 2.19. The van der Waals surface area contributed by atoms with Crippen molar-refractivity contribution in [2.45, 2.75) is 26.2 Å². The van der Waals surface area contributed by atoms with Gasteiger partial charge in [-0.05, 0) is 31.7 Å². The first-order valence-corrected chi connectivity index (χ1v) is 5.47. The average molecular weight is 199 g/mol. The van der Waals surface area contributed by atoms with Gasteiger partial charge in [0.1, 0.15) is 0 Å². The van der Waals surface area contributed by atoms with E-state index in [9.17, 15) is 4.79 Å². The molecule has 0 aromatic rings. The number of rotatable bonds is 3. The number of nitrogens with two attached hydrogens (primary N) is 1. The first kappa shape index (κ1) is 11.3. The molecule has 1 rings (SSSR count). The van der Waals surface area contributed by atoms with Crippen LogP contribution in [-0.4, -0.2) is 37.1 Å². The lowest BCUT2D eigenvalue weighted by molar-refractivity contribution is 0.174. The first-order chi connectivity index (χ1) is 6.74. The van der Waals surface area contributed by atoms with Crippen LogP contribution in [0.5, 0.6) is 0 Å². The summed E-state index contributed by atoms with van der Waals surface area (Å²) in [5.41, 5.74) is 5.35. The van der Waals surface area contributed by atoms with Crippen molar-refractivity contribution in [3.8, 4) is 0 Å². The van der Waals surface area contributed by atoms with Crippen LogP contribution in [0.4, 0.5) is 4.79 Å². The lowest BCUT2D eigenvalue weighted by Crippen LogP contribution is -2.44. The van der Waals surface area contributed by atoms with Crippen molar-refractivity contribution in [2.24, 2.45) is 11.7 Å². The molecule has 14 heavy (non-hydrogen) atoms. The zero-order valence-corrected chi connectivity index (χ0v) is 8.96. The van der Waals surface area contributed by atoms with Crippen LogP contribution in [-0.2, 0) is 0 Å². The third kappa shape index (κ3) is 3.54. The second-order valence-corrected chi connectivity index (χ2v) is 4.04. The highest BCUT2D eigenvalue weighted by molar-refractivity contribution is 5.74. The predicted molar refractivity (Wildman–Crippen MR) is 57.0 cm³/mol. The summed E-state index contributed by atoms with van der Waals surface area (Å²) in [5.74, 6) is 0.767. The molecule has 0 saturated carbocycles. The summed E-state index contributed by atoms with van der Waals surface area (Å²) in [5, 5.41) is 2.88. The summed E-state index contributed by atoms with van der Waals surface area (Å²) in [6.07, 6.45) is 3.12. The van der Waals surface area contributed by atoms with Crippen molar-refractivity contribution in [3.63, 3.8) is 0 Å². The molecule has 0 radical (unpaired) electrons. The van der Waals surface area contributed by atoms with Crippen molar-refractivity contribution < 1.29 is 4.79 Å². The van der Waals surface area contributed by atoms with Crippen LogP contribution in [0.15, 0.2) is 0 Å². The van der Waals surface area contributed by atoms with Crippen LogP contribution < -0.4 is 11.1 Å². The number of nitrogens with zero attached hydrogens (tertiary/aromatic N) is 1. The number of hydrogen-bond donors (Lipinski definition) is 2. The molecule has 1 saturated heterocycles. The van der Waals surface area contributed by atoms with Gasteiger partial charge in [0.25, 0.3) is 0 Å². The Morgan fingerprint density at radius 3 is 2.71 bits per heavy atom. The minimum absolute atomic E-state index is 0.0744. The maximum Gasteiger partial charge on any atom is 0.317 e. The third-order valence-electron chi connectivity index (χ3n) is 2.73. The van der Waals surface area contributed by atoms with Gasteiger partial charge in [0.05, 0.1) is 0 Å². The Bertz CT molecular complexity index is 176. The molecule has 3 N–H and O–H groups in total. The van der Waals surface area contributed by atoms with Crippen molar-refractivity contribution in [3.05, 3.63) is 0 Å². The fourth-order valence-electron chi connectivity index (χ4n) is 1.62. The number of hydrogen-bond acceptors (Lipinski definition) is 2. The van der Waals surface area contributed by atoms with Crippen LogP contribution in [0.25, 0.3) is 0 Å². The van der Waals surface area contributed by atoms with Crippen LogP contribution in [0, 0.1) is 5.92 Å². The van der Waals surface area contributed by atoms with Gasteiger partial charge in [-0.1, -0.05) is 6.92 Å². The van der Waals surface area contributed by atoms with Gasteiger partial charge >= 0.3 is 6.03 Å². The highest BCUT2D eigenvalue weighted by Crippen LogP contribution is 2.15. The van der Waals surface area contributed by atoms with Crippen molar-refractivity contribution in [2.75, 3.05) is 26.2 Å². The molecule has 1 aliphatic heterocycles.